The van der Waals surface area contributed by atoms with Gasteiger partial charge in [0.2, 0.25) is 0 Å². The molecule has 0 atom stereocenters. The maximum absolute atomic E-state index is 13.3. The minimum atomic E-state index is -4.21. The van der Waals surface area contributed by atoms with E-state index in [4.69, 9.17) is 9.47 Å². The summed E-state index contributed by atoms with van der Waals surface area (Å²) < 4.78 is 37.7. The van der Waals surface area contributed by atoms with Gasteiger partial charge in [-0.1, -0.05) is 36.4 Å². The Morgan fingerprint density at radius 2 is 1.43 bits per heavy atom. The van der Waals surface area contributed by atoms with Crippen molar-refractivity contribution in [2.75, 3.05) is 11.4 Å². The molecule has 0 bridgehead atoms. The predicted molar refractivity (Wildman–Crippen MR) is 106 cm³/mol. The lowest BCUT2D eigenvalue weighted by Gasteiger charge is -2.23. The highest BCUT2D eigenvalue weighted by molar-refractivity contribution is 7.93. The number of carbonyl (C=O) groups excluding carboxylic acids is 1. The first-order chi connectivity index (χ1) is 13.4. The van der Waals surface area contributed by atoms with Crippen LogP contribution in [-0.2, 0) is 10.0 Å². The second-order valence-electron chi connectivity index (χ2n) is 5.91. The van der Waals surface area contributed by atoms with Gasteiger partial charge < -0.3 is 9.47 Å². The number of carbonyl (C=O) groups is 1. The highest BCUT2D eigenvalue weighted by Crippen LogP contribution is 2.28. The van der Waals surface area contributed by atoms with Gasteiger partial charge in [-0.25, -0.2) is 13.2 Å². The summed E-state index contributed by atoms with van der Waals surface area (Å²) in [4.78, 5) is 12.9. The number of methoxy groups -OCH3 is 1. The summed E-state index contributed by atoms with van der Waals surface area (Å²) in [6.07, 6.45) is -1.03. The standard InChI is InChI=1S/C21H19NO5S/c1-16-8-6-7-11-20(16)28(24,25)22(17-12-14-18(26-2)15-13-17)21(23)27-19-9-4-3-5-10-19/h3-15H,1-2H3. The summed E-state index contributed by atoms with van der Waals surface area (Å²) in [5.41, 5.74) is 0.665. The molecule has 0 saturated carbocycles. The maximum atomic E-state index is 13.3. The molecule has 0 aliphatic carbocycles. The molecule has 0 spiro atoms. The summed E-state index contributed by atoms with van der Waals surface area (Å²) >= 11 is 0. The highest BCUT2D eigenvalue weighted by atomic mass is 32.2. The van der Waals surface area contributed by atoms with Crippen LogP contribution in [0, 0.1) is 6.92 Å². The molecule has 0 radical (unpaired) electrons. The van der Waals surface area contributed by atoms with Crippen molar-refractivity contribution in [2.24, 2.45) is 0 Å². The number of nitrogens with zero attached hydrogens (tertiary/aromatic N) is 1. The number of amides is 1. The van der Waals surface area contributed by atoms with E-state index in [9.17, 15) is 13.2 Å². The molecule has 0 aliphatic rings. The lowest BCUT2D eigenvalue weighted by molar-refractivity contribution is 0.211. The van der Waals surface area contributed by atoms with Crippen LogP contribution in [0.25, 0.3) is 0 Å². The lowest BCUT2D eigenvalue weighted by atomic mass is 10.2. The summed E-state index contributed by atoms with van der Waals surface area (Å²) in [7, 11) is -2.71. The first-order valence-corrected chi connectivity index (χ1v) is 9.89. The normalized spacial score (nSPS) is 10.9. The van der Waals surface area contributed by atoms with Crippen molar-refractivity contribution >= 4 is 21.8 Å². The van der Waals surface area contributed by atoms with Crippen LogP contribution in [0.4, 0.5) is 10.5 Å². The third-order valence-electron chi connectivity index (χ3n) is 4.03. The predicted octanol–water partition coefficient (Wildman–Crippen LogP) is 4.40. The summed E-state index contributed by atoms with van der Waals surface area (Å²) in [6, 6.07) is 20.9. The van der Waals surface area contributed by atoms with Gasteiger partial charge in [-0.3, -0.25) is 0 Å². The van der Waals surface area contributed by atoms with Crippen molar-refractivity contribution in [3.8, 4) is 11.5 Å². The van der Waals surface area contributed by atoms with Crippen LogP contribution in [-0.4, -0.2) is 21.6 Å². The molecule has 0 aromatic heterocycles. The fourth-order valence-electron chi connectivity index (χ4n) is 2.63. The van der Waals surface area contributed by atoms with Gasteiger partial charge in [0, 0.05) is 0 Å². The quantitative estimate of drug-likeness (QED) is 0.638. The van der Waals surface area contributed by atoms with Gasteiger partial charge in [0.1, 0.15) is 11.5 Å². The van der Waals surface area contributed by atoms with Gasteiger partial charge >= 0.3 is 6.09 Å². The molecule has 0 aliphatic heterocycles. The van der Waals surface area contributed by atoms with Crippen LogP contribution in [0.1, 0.15) is 5.56 Å². The number of ether oxygens (including phenoxy) is 2. The van der Waals surface area contributed by atoms with Crippen LogP contribution >= 0.6 is 0 Å². The number of para-hydroxylation sites is 1. The zero-order chi connectivity index (χ0) is 20.1. The van der Waals surface area contributed by atoms with Crippen molar-refractivity contribution < 1.29 is 22.7 Å². The molecule has 28 heavy (non-hydrogen) atoms. The Labute approximate surface area is 164 Å². The average Bonchev–Trinajstić information content (AvgIpc) is 2.69. The maximum Gasteiger partial charge on any atom is 0.434 e. The molecule has 3 aromatic rings. The van der Waals surface area contributed by atoms with E-state index in [0.717, 1.165) is 0 Å². The number of anilines is 1. The van der Waals surface area contributed by atoms with Crippen LogP contribution in [0.15, 0.2) is 83.8 Å². The number of hydrogen-bond acceptors (Lipinski definition) is 5. The van der Waals surface area contributed by atoms with Crippen LogP contribution < -0.4 is 13.8 Å². The number of hydrogen-bond donors (Lipinski definition) is 0. The van der Waals surface area contributed by atoms with Gasteiger partial charge in [0.05, 0.1) is 17.7 Å². The highest BCUT2D eigenvalue weighted by Gasteiger charge is 2.33. The molecular weight excluding hydrogens is 378 g/mol. The average molecular weight is 397 g/mol. The third-order valence-corrected chi connectivity index (χ3v) is 5.89. The van der Waals surface area contributed by atoms with Crippen molar-refractivity contribution in [1.29, 1.82) is 0 Å². The smallest absolute Gasteiger partial charge is 0.434 e. The Kier molecular flexibility index (Phi) is 5.65. The van der Waals surface area contributed by atoms with E-state index in [1.807, 2.05) is 0 Å². The van der Waals surface area contributed by atoms with Gasteiger partial charge in [0.25, 0.3) is 10.0 Å². The Balaban J connectivity index is 2.08. The SMILES string of the molecule is COc1ccc(N(C(=O)Oc2ccccc2)S(=O)(=O)c2ccccc2C)cc1. The van der Waals surface area contributed by atoms with Crippen molar-refractivity contribution in [1.82, 2.24) is 0 Å². The molecule has 0 fully saturated rings. The summed E-state index contributed by atoms with van der Waals surface area (Å²) in [5, 5.41) is 0. The van der Waals surface area contributed by atoms with Crippen molar-refractivity contribution in [2.45, 2.75) is 11.8 Å². The summed E-state index contributed by atoms with van der Waals surface area (Å²) in [5.74, 6) is 0.777. The minimum Gasteiger partial charge on any atom is -0.497 e. The Morgan fingerprint density at radius 1 is 0.821 bits per heavy atom. The number of sulfonamides is 1. The zero-order valence-electron chi connectivity index (χ0n) is 15.4. The molecule has 1 amide bonds. The van der Waals surface area contributed by atoms with E-state index in [1.54, 1.807) is 67.6 Å². The number of benzene rings is 3. The topological polar surface area (TPSA) is 72.9 Å². The van der Waals surface area contributed by atoms with Crippen molar-refractivity contribution in [3.63, 3.8) is 0 Å². The lowest BCUT2D eigenvalue weighted by Crippen LogP contribution is -2.39. The molecule has 6 nitrogen and oxygen atoms in total. The molecule has 3 rings (SSSR count). The second kappa shape index (κ2) is 8.14. The first-order valence-electron chi connectivity index (χ1n) is 8.45. The molecule has 0 N–H and O–H groups in total. The van der Waals surface area contributed by atoms with Crippen LogP contribution in [0.2, 0.25) is 0 Å². The van der Waals surface area contributed by atoms with E-state index in [2.05, 4.69) is 0 Å². The zero-order valence-corrected chi connectivity index (χ0v) is 16.2. The molecule has 0 heterocycles. The van der Waals surface area contributed by atoms with E-state index in [-0.39, 0.29) is 16.3 Å². The third kappa shape index (κ3) is 3.99. The van der Waals surface area contributed by atoms with Crippen LogP contribution in [0.3, 0.4) is 0 Å². The largest absolute Gasteiger partial charge is 0.497 e. The molecule has 0 unspecified atom stereocenters. The van der Waals surface area contributed by atoms with E-state index < -0.39 is 16.1 Å². The number of rotatable bonds is 5. The molecule has 7 heteroatoms. The Morgan fingerprint density at radius 3 is 2.04 bits per heavy atom. The van der Waals surface area contributed by atoms with E-state index in [1.165, 1.54) is 25.3 Å². The van der Waals surface area contributed by atoms with Gasteiger partial charge in [0.15, 0.2) is 0 Å². The minimum absolute atomic E-state index is 0.0239. The Bertz CT molecular complexity index is 1060. The fourth-order valence-corrected chi connectivity index (χ4v) is 4.19. The van der Waals surface area contributed by atoms with Gasteiger partial charge in [-0.15, -0.1) is 0 Å². The Hall–Kier alpha value is -3.32. The van der Waals surface area contributed by atoms with Gasteiger partial charge in [-0.2, -0.15) is 4.31 Å². The van der Waals surface area contributed by atoms with Crippen LogP contribution in [0.5, 0.6) is 11.5 Å². The molecule has 144 valence electrons. The molecule has 3 aromatic carbocycles. The van der Waals surface area contributed by atoms with Crippen molar-refractivity contribution in [3.05, 3.63) is 84.4 Å². The molecular formula is C21H19NO5S. The monoisotopic (exact) mass is 397 g/mol. The van der Waals surface area contributed by atoms with E-state index in [0.29, 0.717) is 15.6 Å². The fraction of sp³-hybridized carbons (Fsp3) is 0.0952. The second-order valence-corrected chi connectivity index (χ2v) is 7.67. The number of aryl methyl sites for hydroxylation is 1. The summed E-state index contributed by atoms with van der Waals surface area (Å²) in [6.45, 7) is 1.67. The van der Waals surface area contributed by atoms with Gasteiger partial charge in [-0.05, 0) is 55.0 Å². The molecule has 0 saturated heterocycles. The first kappa shape index (κ1) is 19.4. The van der Waals surface area contributed by atoms with E-state index >= 15 is 0 Å².